The zero-order valence-corrected chi connectivity index (χ0v) is 15.0. The first-order valence-electron chi connectivity index (χ1n) is 8.76. The summed E-state index contributed by atoms with van der Waals surface area (Å²) in [7, 11) is 0. The second kappa shape index (κ2) is 7.09. The zero-order valence-electron chi connectivity index (χ0n) is 15.0. The van der Waals surface area contributed by atoms with Crippen LogP contribution in [0.1, 0.15) is 24.5 Å². The Morgan fingerprint density at radius 3 is 2.24 bits per heavy atom. The van der Waals surface area contributed by atoms with E-state index < -0.39 is 0 Å². The highest BCUT2D eigenvalue weighted by molar-refractivity contribution is 6.04. The van der Waals surface area contributed by atoms with Crippen molar-refractivity contribution >= 4 is 23.2 Å². The van der Waals surface area contributed by atoms with Gasteiger partial charge in [-0.15, -0.1) is 0 Å². The summed E-state index contributed by atoms with van der Waals surface area (Å²) in [4.78, 5) is 27.1. The van der Waals surface area contributed by atoms with Gasteiger partial charge >= 0.3 is 0 Å². The standard InChI is InChI=1S/C21H24N2O2/c1-4-23(16-11-6-5-7-12-16)21(25)18-13-17(18)20(24)22-19-14(2)9-8-10-15(19)3/h5-12,17-18H,4,13H2,1-3H3,(H,22,24). The molecule has 3 rings (SSSR count). The van der Waals surface area contributed by atoms with Crippen LogP contribution in [0.4, 0.5) is 11.4 Å². The van der Waals surface area contributed by atoms with Gasteiger partial charge in [-0.2, -0.15) is 0 Å². The van der Waals surface area contributed by atoms with Crippen LogP contribution in [0.2, 0.25) is 0 Å². The number of para-hydroxylation sites is 2. The highest BCUT2D eigenvalue weighted by Crippen LogP contribution is 2.42. The molecule has 0 radical (unpaired) electrons. The van der Waals surface area contributed by atoms with Crippen LogP contribution in [0.15, 0.2) is 48.5 Å². The van der Waals surface area contributed by atoms with Crippen molar-refractivity contribution in [3.05, 3.63) is 59.7 Å². The van der Waals surface area contributed by atoms with Crippen LogP contribution >= 0.6 is 0 Å². The molecular weight excluding hydrogens is 312 g/mol. The van der Waals surface area contributed by atoms with E-state index >= 15 is 0 Å². The molecule has 1 N–H and O–H groups in total. The number of nitrogens with zero attached hydrogens (tertiary/aromatic N) is 1. The van der Waals surface area contributed by atoms with Crippen LogP contribution in [-0.4, -0.2) is 18.4 Å². The zero-order chi connectivity index (χ0) is 18.0. The van der Waals surface area contributed by atoms with Crippen molar-refractivity contribution in [3.8, 4) is 0 Å². The molecule has 0 aromatic heterocycles. The number of hydrogen-bond acceptors (Lipinski definition) is 2. The van der Waals surface area contributed by atoms with Gasteiger partial charge in [0.05, 0.1) is 11.8 Å². The van der Waals surface area contributed by atoms with Gasteiger partial charge in [0.2, 0.25) is 11.8 Å². The average molecular weight is 336 g/mol. The third kappa shape index (κ3) is 3.58. The highest BCUT2D eigenvalue weighted by Gasteiger charge is 2.49. The average Bonchev–Trinajstić information content (AvgIpc) is 3.40. The Morgan fingerprint density at radius 1 is 1.00 bits per heavy atom. The molecule has 0 saturated heterocycles. The lowest BCUT2D eigenvalue weighted by Gasteiger charge is -2.21. The molecule has 1 fully saturated rings. The SMILES string of the molecule is CCN(C(=O)C1CC1C(=O)Nc1c(C)cccc1C)c1ccccc1. The molecule has 1 aliphatic rings. The summed E-state index contributed by atoms with van der Waals surface area (Å²) in [5.41, 5.74) is 3.82. The smallest absolute Gasteiger partial charge is 0.230 e. The van der Waals surface area contributed by atoms with Crippen LogP contribution in [0.5, 0.6) is 0 Å². The molecule has 1 saturated carbocycles. The molecule has 4 heteroatoms. The molecule has 130 valence electrons. The number of carbonyl (C=O) groups is 2. The van der Waals surface area contributed by atoms with Crippen LogP contribution in [-0.2, 0) is 9.59 Å². The molecule has 25 heavy (non-hydrogen) atoms. The summed E-state index contributed by atoms with van der Waals surface area (Å²) in [6.07, 6.45) is 0.624. The lowest BCUT2D eigenvalue weighted by atomic mass is 10.1. The second-order valence-corrected chi connectivity index (χ2v) is 6.62. The number of carbonyl (C=O) groups excluding carboxylic acids is 2. The van der Waals surface area contributed by atoms with Crippen molar-refractivity contribution in [2.75, 3.05) is 16.8 Å². The van der Waals surface area contributed by atoms with Gasteiger partial charge in [-0.1, -0.05) is 36.4 Å². The van der Waals surface area contributed by atoms with Gasteiger partial charge in [-0.25, -0.2) is 0 Å². The molecule has 2 atom stereocenters. The second-order valence-electron chi connectivity index (χ2n) is 6.62. The topological polar surface area (TPSA) is 49.4 Å². The van der Waals surface area contributed by atoms with E-state index in [1.54, 1.807) is 4.90 Å². The van der Waals surface area contributed by atoms with Crippen LogP contribution in [0, 0.1) is 25.7 Å². The fraction of sp³-hybridized carbons (Fsp3) is 0.333. The highest BCUT2D eigenvalue weighted by atomic mass is 16.2. The number of anilines is 2. The minimum atomic E-state index is -0.232. The molecule has 0 heterocycles. The number of rotatable bonds is 5. The van der Waals surface area contributed by atoms with Gasteiger partial charge in [0.1, 0.15) is 0 Å². The molecule has 1 aliphatic carbocycles. The van der Waals surface area contributed by atoms with Crippen LogP contribution in [0.3, 0.4) is 0 Å². The summed E-state index contributed by atoms with van der Waals surface area (Å²) < 4.78 is 0. The van der Waals surface area contributed by atoms with Crippen molar-refractivity contribution in [1.82, 2.24) is 0 Å². The molecule has 2 aromatic rings. The molecule has 4 nitrogen and oxygen atoms in total. The normalized spacial score (nSPS) is 18.5. The van der Waals surface area contributed by atoms with E-state index in [1.807, 2.05) is 69.3 Å². The van der Waals surface area contributed by atoms with E-state index in [4.69, 9.17) is 0 Å². The first kappa shape index (κ1) is 17.2. The Hall–Kier alpha value is -2.62. The van der Waals surface area contributed by atoms with Crippen molar-refractivity contribution in [3.63, 3.8) is 0 Å². The lowest BCUT2D eigenvalue weighted by Crippen LogP contribution is -2.33. The van der Waals surface area contributed by atoms with Gasteiger partial charge in [0.25, 0.3) is 0 Å². The molecule has 2 unspecified atom stereocenters. The summed E-state index contributed by atoms with van der Waals surface area (Å²) in [5.74, 6) is -0.469. The van der Waals surface area contributed by atoms with E-state index in [-0.39, 0.29) is 23.7 Å². The molecular formula is C21H24N2O2. The van der Waals surface area contributed by atoms with Crippen LogP contribution in [0.25, 0.3) is 0 Å². The molecule has 2 aromatic carbocycles. The fourth-order valence-corrected chi connectivity index (χ4v) is 3.26. The number of nitrogens with one attached hydrogen (secondary N) is 1. The Kier molecular flexibility index (Phi) is 4.88. The maximum atomic E-state index is 12.8. The van der Waals surface area contributed by atoms with E-state index in [0.717, 1.165) is 22.5 Å². The maximum absolute atomic E-state index is 12.8. The van der Waals surface area contributed by atoms with Crippen LogP contribution < -0.4 is 10.2 Å². The van der Waals surface area contributed by atoms with Gasteiger partial charge in [-0.05, 0) is 50.5 Å². The van der Waals surface area contributed by atoms with Crippen molar-refractivity contribution in [2.24, 2.45) is 11.8 Å². The van der Waals surface area contributed by atoms with Gasteiger partial charge in [-0.3, -0.25) is 9.59 Å². The van der Waals surface area contributed by atoms with Crippen molar-refractivity contribution in [1.29, 1.82) is 0 Å². The molecule has 0 spiro atoms. The molecule has 0 bridgehead atoms. The summed E-state index contributed by atoms with van der Waals surface area (Å²) in [6.45, 7) is 6.52. The minimum absolute atomic E-state index is 0.0374. The van der Waals surface area contributed by atoms with Gasteiger partial charge in [0, 0.05) is 17.9 Å². The third-order valence-corrected chi connectivity index (χ3v) is 4.82. The van der Waals surface area contributed by atoms with Crippen molar-refractivity contribution < 1.29 is 9.59 Å². The van der Waals surface area contributed by atoms with Crippen molar-refractivity contribution in [2.45, 2.75) is 27.2 Å². The summed E-state index contributed by atoms with van der Waals surface area (Å²) >= 11 is 0. The molecule has 2 amide bonds. The Morgan fingerprint density at radius 2 is 1.64 bits per heavy atom. The Balaban J connectivity index is 1.67. The van der Waals surface area contributed by atoms with E-state index in [2.05, 4.69) is 5.32 Å². The van der Waals surface area contributed by atoms with E-state index in [9.17, 15) is 9.59 Å². The lowest BCUT2D eigenvalue weighted by molar-refractivity contribution is -0.123. The molecule has 0 aliphatic heterocycles. The first-order chi connectivity index (χ1) is 12.0. The predicted octanol–water partition coefficient (Wildman–Crippen LogP) is 3.93. The monoisotopic (exact) mass is 336 g/mol. The maximum Gasteiger partial charge on any atom is 0.230 e. The summed E-state index contributed by atoms with van der Waals surface area (Å²) in [5, 5.41) is 3.01. The number of aryl methyl sites for hydroxylation is 2. The Labute approximate surface area is 148 Å². The number of hydrogen-bond donors (Lipinski definition) is 1. The third-order valence-electron chi connectivity index (χ3n) is 4.82. The fourth-order valence-electron chi connectivity index (χ4n) is 3.26. The quantitative estimate of drug-likeness (QED) is 0.899. The summed E-state index contributed by atoms with van der Waals surface area (Å²) in [6, 6.07) is 15.6. The number of amides is 2. The van der Waals surface area contributed by atoms with E-state index in [1.165, 1.54) is 0 Å². The Bertz CT molecular complexity index is 765. The van der Waals surface area contributed by atoms with Gasteiger partial charge in [0.15, 0.2) is 0 Å². The largest absolute Gasteiger partial charge is 0.325 e. The van der Waals surface area contributed by atoms with E-state index in [0.29, 0.717) is 13.0 Å². The first-order valence-corrected chi connectivity index (χ1v) is 8.76. The number of benzene rings is 2. The predicted molar refractivity (Wildman–Crippen MR) is 101 cm³/mol. The van der Waals surface area contributed by atoms with Gasteiger partial charge < -0.3 is 10.2 Å². The minimum Gasteiger partial charge on any atom is -0.325 e.